The second-order valence-corrected chi connectivity index (χ2v) is 4.98. The Morgan fingerprint density at radius 1 is 1.47 bits per heavy atom. The van der Waals surface area contributed by atoms with E-state index in [2.05, 4.69) is 12.1 Å². The van der Waals surface area contributed by atoms with Crippen LogP contribution in [0.2, 0.25) is 0 Å². The molecule has 0 spiro atoms. The number of Topliss-reactive ketones (excluding diaryl/α,β-unsaturated/α-hetero) is 1. The molecule has 0 saturated heterocycles. The summed E-state index contributed by atoms with van der Waals surface area (Å²) in [5, 5.41) is 0. The molecule has 15 heavy (non-hydrogen) atoms. The van der Waals surface area contributed by atoms with Gasteiger partial charge in [0.25, 0.3) is 0 Å². The maximum Gasteiger partial charge on any atom is 0.172 e. The van der Waals surface area contributed by atoms with Crippen molar-refractivity contribution in [3.05, 3.63) is 35.4 Å². The van der Waals surface area contributed by atoms with Gasteiger partial charge < -0.3 is 0 Å². The van der Waals surface area contributed by atoms with Crippen LogP contribution in [0.15, 0.2) is 24.3 Å². The zero-order chi connectivity index (χ0) is 10.7. The maximum absolute atomic E-state index is 11.7. The van der Waals surface area contributed by atoms with E-state index >= 15 is 0 Å². The minimum Gasteiger partial charge on any atom is -0.293 e. The van der Waals surface area contributed by atoms with Gasteiger partial charge >= 0.3 is 0 Å². The predicted octanol–water partition coefficient (Wildman–Crippen LogP) is 3.50. The molecule has 0 heterocycles. The van der Waals surface area contributed by atoms with Gasteiger partial charge in [-0.1, -0.05) is 24.6 Å². The molecular formula is C13H16OS. The van der Waals surface area contributed by atoms with Gasteiger partial charge in [0.2, 0.25) is 0 Å². The van der Waals surface area contributed by atoms with Crippen LogP contribution in [0.1, 0.15) is 41.1 Å². The van der Waals surface area contributed by atoms with Crippen LogP contribution >= 0.6 is 11.8 Å². The van der Waals surface area contributed by atoms with Crippen LogP contribution in [-0.4, -0.2) is 17.8 Å². The Morgan fingerprint density at radius 3 is 2.87 bits per heavy atom. The van der Waals surface area contributed by atoms with E-state index in [1.165, 1.54) is 24.8 Å². The molecule has 0 bridgehead atoms. The molecule has 1 aromatic rings. The van der Waals surface area contributed by atoms with Crippen LogP contribution in [0.5, 0.6) is 0 Å². The molecule has 1 aliphatic rings. The summed E-state index contributed by atoms with van der Waals surface area (Å²) in [6, 6.07) is 8.18. The Balaban J connectivity index is 2.14. The number of carbonyl (C=O) groups is 1. The minimum absolute atomic E-state index is 0.253. The first-order valence-corrected chi connectivity index (χ1v) is 6.82. The number of hydrogen-bond acceptors (Lipinski definition) is 2. The van der Waals surface area contributed by atoms with E-state index in [9.17, 15) is 4.79 Å². The van der Waals surface area contributed by atoms with E-state index in [-0.39, 0.29) is 5.78 Å². The number of thioether (sulfide) groups is 1. The van der Waals surface area contributed by atoms with Crippen LogP contribution in [0.3, 0.4) is 0 Å². The Labute approximate surface area is 95.3 Å². The van der Waals surface area contributed by atoms with Gasteiger partial charge in [-0.25, -0.2) is 0 Å². The third-order valence-corrected chi connectivity index (χ3v) is 3.61. The fourth-order valence-corrected chi connectivity index (χ4v) is 2.35. The van der Waals surface area contributed by atoms with Crippen molar-refractivity contribution in [1.82, 2.24) is 0 Å². The highest BCUT2D eigenvalue weighted by Crippen LogP contribution is 2.36. The highest BCUT2D eigenvalue weighted by molar-refractivity contribution is 7.99. The van der Waals surface area contributed by atoms with Crippen LogP contribution in [-0.2, 0) is 0 Å². The Morgan fingerprint density at radius 2 is 2.27 bits per heavy atom. The average molecular weight is 220 g/mol. The molecule has 0 unspecified atom stereocenters. The monoisotopic (exact) mass is 220 g/mol. The molecule has 0 radical (unpaired) electrons. The van der Waals surface area contributed by atoms with Crippen LogP contribution in [0.4, 0.5) is 0 Å². The Hall–Kier alpha value is -0.760. The topological polar surface area (TPSA) is 17.1 Å². The fourth-order valence-electron chi connectivity index (χ4n) is 1.92. The van der Waals surface area contributed by atoms with E-state index in [1.807, 2.05) is 18.4 Å². The molecule has 1 saturated carbocycles. The van der Waals surface area contributed by atoms with Crippen molar-refractivity contribution >= 4 is 17.5 Å². The zero-order valence-electron chi connectivity index (χ0n) is 9.03. The van der Waals surface area contributed by atoms with E-state index in [4.69, 9.17) is 0 Å². The average Bonchev–Trinajstić information content (AvgIpc) is 2.16. The molecule has 2 heteroatoms. The number of hydrogen-bond donors (Lipinski definition) is 0. The van der Waals surface area contributed by atoms with Crippen molar-refractivity contribution in [1.29, 1.82) is 0 Å². The van der Waals surface area contributed by atoms with Gasteiger partial charge in [-0.2, -0.15) is 11.8 Å². The third-order valence-electron chi connectivity index (χ3n) is 3.06. The van der Waals surface area contributed by atoms with E-state index < -0.39 is 0 Å². The van der Waals surface area contributed by atoms with E-state index in [0.29, 0.717) is 11.7 Å². The summed E-state index contributed by atoms with van der Waals surface area (Å²) in [6.45, 7) is 0. The molecule has 1 fully saturated rings. The Kier molecular flexibility index (Phi) is 3.47. The van der Waals surface area contributed by atoms with Gasteiger partial charge in [0.05, 0.1) is 5.75 Å². The first-order chi connectivity index (χ1) is 7.31. The molecule has 0 amide bonds. The second-order valence-electron chi connectivity index (χ2n) is 4.11. The lowest BCUT2D eigenvalue weighted by Crippen LogP contribution is -2.10. The van der Waals surface area contributed by atoms with Gasteiger partial charge in [0.1, 0.15) is 0 Å². The second kappa shape index (κ2) is 4.84. The van der Waals surface area contributed by atoms with Gasteiger partial charge in [-0.3, -0.25) is 4.79 Å². The predicted molar refractivity (Wildman–Crippen MR) is 65.7 cm³/mol. The van der Waals surface area contributed by atoms with Crippen molar-refractivity contribution < 1.29 is 4.79 Å². The third kappa shape index (κ3) is 2.43. The smallest absolute Gasteiger partial charge is 0.172 e. The Bertz CT molecular complexity index is 355. The van der Waals surface area contributed by atoms with E-state index in [1.54, 1.807) is 11.8 Å². The summed E-state index contributed by atoms with van der Waals surface area (Å²) in [4.78, 5) is 11.7. The molecule has 1 aromatic carbocycles. The number of benzene rings is 1. The quantitative estimate of drug-likeness (QED) is 0.722. The molecule has 0 atom stereocenters. The molecule has 80 valence electrons. The molecule has 2 rings (SSSR count). The standard InChI is InChI=1S/C13H16OS/c1-15-9-13(14)12-7-3-6-11(8-12)10-4-2-5-10/h3,6-8,10H,2,4-5,9H2,1H3. The van der Waals surface area contributed by atoms with Gasteiger partial charge in [0, 0.05) is 5.56 Å². The zero-order valence-corrected chi connectivity index (χ0v) is 9.85. The molecule has 0 aromatic heterocycles. The molecular weight excluding hydrogens is 204 g/mol. The van der Waals surface area contributed by atoms with Crippen molar-refractivity contribution in [3.63, 3.8) is 0 Å². The summed E-state index contributed by atoms with van der Waals surface area (Å²) in [7, 11) is 0. The molecule has 0 aliphatic heterocycles. The number of ketones is 1. The normalized spacial score (nSPS) is 16.1. The summed E-state index contributed by atoms with van der Waals surface area (Å²) in [5.41, 5.74) is 2.24. The SMILES string of the molecule is CSCC(=O)c1cccc(C2CCC2)c1. The molecule has 1 aliphatic carbocycles. The molecule has 1 nitrogen and oxygen atoms in total. The first kappa shape index (κ1) is 10.7. The lowest BCUT2D eigenvalue weighted by atomic mass is 9.79. The fraction of sp³-hybridized carbons (Fsp3) is 0.462. The van der Waals surface area contributed by atoms with Crippen molar-refractivity contribution in [2.24, 2.45) is 0 Å². The summed E-state index contributed by atoms with van der Waals surface area (Å²) in [6.07, 6.45) is 5.89. The largest absolute Gasteiger partial charge is 0.293 e. The number of rotatable bonds is 4. The summed E-state index contributed by atoms with van der Waals surface area (Å²) < 4.78 is 0. The number of carbonyl (C=O) groups excluding carboxylic acids is 1. The minimum atomic E-state index is 0.253. The van der Waals surface area contributed by atoms with Crippen molar-refractivity contribution in [2.75, 3.05) is 12.0 Å². The maximum atomic E-state index is 11.7. The first-order valence-electron chi connectivity index (χ1n) is 5.43. The molecule has 0 N–H and O–H groups in total. The van der Waals surface area contributed by atoms with Crippen LogP contribution in [0.25, 0.3) is 0 Å². The van der Waals surface area contributed by atoms with Gasteiger partial charge in [0.15, 0.2) is 5.78 Å². The van der Waals surface area contributed by atoms with Gasteiger partial charge in [-0.15, -0.1) is 0 Å². The highest BCUT2D eigenvalue weighted by Gasteiger charge is 2.19. The summed E-state index contributed by atoms with van der Waals surface area (Å²) >= 11 is 1.59. The lowest BCUT2D eigenvalue weighted by Gasteiger charge is -2.26. The van der Waals surface area contributed by atoms with Gasteiger partial charge in [-0.05, 0) is 36.6 Å². The summed E-state index contributed by atoms with van der Waals surface area (Å²) in [5.74, 6) is 1.56. The lowest BCUT2D eigenvalue weighted by molar-refractivity contribution is 0.102. The van der Waals surface area contributed by atoms with Crippen LogP contribution < -0.4 is 0 Å². The highest BCUT2D eigenvalue weighted by atomic mass is 32.2. The van der Waals surface area contributed by atoms with E-state index in [0.717, 1.165) is 5.56 Å². The van der Waals surface area contributed by atoms with Crippen molar-refractivity contribution in [2.45, 2.75) is 25.2 Å². The van der Waals surface area contributed by atoms with Crippen LogP contribution in [0, 0.1) is 0 Å². The van der Waals surface area contributed by atoms with Crippen molar-refractivity contribution in [3.8, 4) is 0 Å².